The first-order chi connectivity index (χ1) is 9.20. The predicted octanol–water partition coefficient (Wildman–Crippen LogP) is 2.47. The first kappa shape index (κ1) is 16.1. The first-order valence-electron chi connectivity index (χ1n) is 6.47. The average Bonchev–Trinajstić information content (AvgIpc) is 2.30. The SMILES string of the molecule is CC(C)(C)N(CCC(=O)O)C(=O)Cc1ccc(F)cc1. The molecule has 0 atom stereocenters. The number of hydrogen-bond donors (Lipinski definition) is 1. The molecule has 1 aromatic carbocycles. The van der Waals surface area contributed by atoms with Crippen LogP contribution in [0.25, 0.3) is 0 Å². The predicted molar refractivity (Wildman–Crippen MR) is 73.8 cm³/mol. The summed E-state index contributed by atoms with van der Waals surface area (Å²) in [6, 6.07) is 5.74. The molecule has 0 aliphatic carbocycles. The Morgan fingerprint density at radius 1 is 1.20 bits per heavy atom. The van der Waals surface area contributed by atoms with E-state index in [4.69, 9.17) is 5.11 Å². The van der Waals surface area contributed by atoms with Crippen molar-refractivity contribution in [3.63, 3.8) is 0 Å². The summed E-state index contributed by atoms with van der Waals surface area (Å²) in [5.41, 5.74) is 0.257. The van der Waals surface area contributed by atoms with Crippen LogP contribution in [0.15, 0.2) is 24.3 Å². The molecular formula is C15H20FNO3. The van der Waals surface area contributed by atoms with E-state index in [1.165, 1.54) is 12.1 Å². The Kier molecular flexibility index (Phi) is 5.25. The molecule has 0 unspecified atom stereocenters. The Hall–Kier alpha value is -1.91. The minimum Gasteiger partial charge on any atom is -0.481 e. The van der Waals surface area contributed by atoms with Gasteiger partial charge < -0.3 is 10.0 Å². The van der Waals surface area contributed by atoms with Gasteiger partial charge >= 0.3 is 5.97 Å². The lowest BCUT2D eigenvalue weighted by molar-refractivity contribution is -0.140. The van der Waals surface area contributed by atoms with Crippen LogP contribution in [0.1, 0.15) is 32.8 Å². The van der Waals surface area contributed by atoms with E-state index in [1.807, 2.05) is 20.8 Å². The van der Waals surface area contributed by atoms with Gasteiger partial charge in [0.1, 0.15) is 5.82 Å². The number of carbonyl (C=O) groups is 2. The maximum absolute atomic E-state index is 12.8. The fourth-order valence-corrected chi connectivity index (χ4v) is 1.91. The van der Waals surface area contributed by atoms with Crippen LogP contribution in [-0.4, -0.2) is 34.0 Å². The zero-order chi connectivity index (χ0) is 15.3. The maximum Gasteiger partial charge on any atom is 0.305 e. The molecule has 5 heteroatoms. The van der Waals surface area contributed by atoms with Gasteiger partial charge in [0.2, 0.25) is 5.91 Å². The van der Waals surface area contributed by atoms with Crippen LogP contribution in [0.2, 0.25) is 0 Å². The van der Waals surface area contributed by atoms with Crippen LogP contribution in [0.3, 0.4) is 0 Å². The quantitative estimate of drug-likeness (QED) is 0.902. The highest BCUT2D eigenvalue weighted by Crippen LogP contribution is 2.16. The smallest absolute Gasteiger partial charge is 0.305 e. The van der Waals surface area contributed by atoms with Gasteiger partial charge in [0.25, 0.3) is 0 Å². The Balaban J connectivity index is 2.77. The van der Waals surface area contributed by atoms with Gasteiger partial charge in [-0.3, -0.25) is 9.59 Å². The van der Waals surface area contributed by atoms with Crippen LogP contribution in [0, 0.1) is 5.82 Å². The van der Waals surface area contributed by atoms with Crippen molar-refractivity contribution >= 4 is 11.9 Å². The van der Waals surface area contributed by atoms with Crippen molar-refractivity contribution < 1.29 is 19.1 Å². The number of carboxylic acid groups (broad SMARTS) is 1. The highest BCUT2D eigenvalue weighted by atomic mass is 19.1. The molecule has 0 bridgehead atoms. The molecule has 1 rings (SSSR count). The van der Waals surface area contributed by atoms with Crippen molar-refractivity contribution in [3.8, 4) is 0 Å². The second-order valence-electron chi connectivity index (χ2n) is 5.66. The van der Waals surface area contributed by atoms with Crippen LogP contribution < -0.4 is 0 Å². The normalized spacial score (nSPS) is 11.2. The molecule has 110 valence electrons. The van der Waals surface area contributed by atoms with Crippen LogP contribution >= 0.6 is 0 Å². The number of nitrogens with zero attached hydrogens (tertiary/aromatic N) is 1. The van der Waals surface area contributed by atoms with E-state index in [0.29, 0.717) is 5.56 Å². The lowest BCUT2D eigenvalue weighted by Gasteiger charge is -2.35. The van der Waals surface area contributed by atoms with Crippen molar-refractivity contribution in [3.05, 3.63) is 35.6 Å². The van der Waals surface area contributed by atoms with E-state index in [2.05, 4.69) is 0 Å². The summed E-state index contributed by atoms with van der Waals surface area (Å²) < 4.78 is 12.8. The number of rotatable bonds is 5. The van der Waals surface area contributed by atoms with Gasteiger partial charge in [-0.15, -0.1) is 0 Å². The molecule has 0 aromatic heterocycles. The first-order valence-corrected chi connectivity index (χ1v) is 6.47. The zero-order valence-corrected chi connectivity index (χ0v) is 12.0. The summed E-state index contributed by atoms with van der Waals surface area (Å²) in [4.78, 5) is 24.5. The highest BCUT2D eigenvalue weighted by molar-refractivity contribution is 5.80. The van der Waals surface area contributed by atoms with Crippen LogP contribution in [-0.2, 0) is 16.0 Å². The number of halogens is 1. The number of carboxylic acids is 1. The average molecular weight is 281 g/mol. The lowest BCUT2D eigenvalue weighted by Crippen LogP contribution is -2.47. The van der Waals surface area contributed by atoms with E-state index in [0.717, 1.165) is 0 Å². The van der Waals surface area contributed by atoms with E-state index in [-0.39, 0.29) is 31.1 Å². The van der Waals surface area contributed by atoms with Crippen LogP contribution in [0.4, 0.5) is 4.39 Å². The second kappa shape index (κ2) is 6.50. The second-order valence-corrected chi connectivity index (χ2v) is 5.66. The third kappa shape index (κ3) is 4.99. The summed E-state index contributed by atoms with van der Waals surface area (Å²) in [7, 11) is 0. The van der Waals surface area contributed by atoms with Gasteiger partial charge in [0, 0.05) is 12.1 Å². The largest absolute Gasteiger partial charge is 0.481 e. The Labute approximate surface area is 118 Å². The monoisotopic (exact) mass is 281 g/mol. The molecule has 1 aromatic rings. The van der Waals surface area contributed by atoms with Crippen molar-refractivity contribution in [1.29, 1.82) is 0 Å². The molecule has 4 nitrogen and oxygen atoms in total. The molecule has 0 fully saturated rings. The number of hydrogen-bond acceptors (Lipinski definition) is 2. The van der Waals surface area contributed by atoms with E-state index in [9.17, 15) is 14.0 Å². The number of carbonyl (C=O) groups excluding carboxylic acids is 1. The molecular weight excluding hydrogens is 261 g/mol. The molecule has 0 heterocycles. The minimum atomic E-state index is -0.936. The van der Waals surface area contributed by atoms with E-state index in [1.54, 1.807) is 17.0 Å². The van der Waals surface area contributed by atoms with Gasteiger partial charge in [0.05, 0.1) is 12.8 Å². The molecule has 0 saturated carbocycles. The molecule has 0 spiro atoms. The number of benzene rings is 1. The summed E-state index contributed by atoms with van der Waals surface area (Å²) >= 11 is 0. The topological polar surface area (TPSA) is 57.6 Å². The zero-order valence-electron chi connectivity index (χ0n) is 12.0. The Morgan fingerprint density at radius 2 is 1.75 bits per heavy atom. The van der Waals surface area contributed by atoms with Crippen molar-refractivity contribution in [2.24, 2.45) is 0 Å². The Morgan fingerprint density at radius 3 is 2.20 bits per heavy atom. The standard InChI is InChI=1S/C15H20FNO3/c1-15(2,3)17(9-8-14(19)20)13(18)10-11-4-6-12(16)7-5-11/h4-7H,8-10H2,1-3H3,(H,19,20). The molecule has 0 aliphatic heterocycles. The van der Waals surface area contributed by atoms with E-state index >= 15 is 0 Å². The van der Waals surface area contributed by atoms with Crippen molar-refractivity contribution in [2.45, 2.75) is 39.2 Å². The van der Waals surface area contributed by atoms with Gasteiger partial charge in [-0.2, -0.15) is 0 Å². The lowest BCUT2D eigenvalue weighted by atomic mass is 10.0. The highest BCUT2D eigenvalue weighted by Gasteiger charge is 2.26. The Bertz CT molecular complexity index is 477. The molecule has 0 radical (unpaired) electrons. The third-order valence-electron chi connectivity index (χ3n) is 2.93. The maximum atomic E-state index is 12.8. The van der Waals surface area contributed by atoms with Crippen LogP contribution in [0.5, 0.6) is 0 Å². The molecule has 20 heavy (non-hydrogen) atoms. The fourth-order valence-electron chi connectivity index (χ4n) is 1.91. The summed E-state index contributed by atoms with van der Waals surface area (Å²) in [5.74, 6) is -1.45. The molecule has 0 aliphatic rings. The third-order valence-corrected chi connectivity index (χ3v) is 2.93. The number of aliphatic carboxylic acids is 1. The summed E-state index contributed by atoms with van der Waals surface area (Å²) in [5, 5.41) is 8.75. The molecule has 1 amide bonds. The molecule has 0 saturated heterocycles. The van der Waals surface area contributed by atoms with Crippen molar-refractivity contribution in [2.75, 3.05) is 6.54 Å². The minimum absolute atomic E-state index is 0.0908. The van der Waals surface area contributed by atoms with Gasteiger partial charge in [-0.05, 0) is 38.5 Å². The van der Waals surface area contributed by atoms with Crippen molar-refractivity contribution in [1.82, 2.24) is 4.90 Å². The molecule has 1 N–H and O–H groups in total. The summed E-state index contributed by atoms with van der Waals surface area (Å²) in [6.45, 7) is 5.74. The fraction of sp³-hybridized carbons (Fsp3) is 0.467. The van der Waals surface area contributed by atoms with Gasteiger partial charge in [-0.25, -0.2) is 4.39 Å². The number of amides is 1. The van der Waals surface area contributed by atoms with Gasteiger partial charge in [0.15, 0.2) is 0 Å². The van der Waals surface area contributed by atoms with E-state index < -0.39 is 11.5 Å². The summed E-state index contributed by atoms with van der Waals surface area (Å²) in [6.07, 6.45) is 0.0452. The van der Waals surface area contributed by atoms with Gasteiger partial charge in [-0.1, -0.05) is 12.1 Å².